The van der Waals surface area contributed by atoms with Gasteiger partial charge in [0.25, 0.3) is 15.9 Å². The molecule has 23 heavy (non-hydrogen) atoms. The number of halogens is 3. The molecule has 0 saturated heterocycles. The van der Waals surface area contributed by atoms with Gasteiger partial charge in [-0.25, -0.2) is 26.6 Å². The van der Waals surface area contributed by atoms with Gasteiger partial charge in [-0.1, -0.05) is 6.07 Å². The lowest BCUT2D eigenvalue weighted by atomic mass is 10.1. The van der Waals surface area contributed by atoms with Crippen LogP contribution in [-0.4, -0.2) is 13.4 Å². The van der Waals surface area contributed by atoms with Crippen molar-refractivity contribution in [2.24, 2.45) is 0 Å². The SMILES string of the molecule is Cc1cc(C)c(S(=O)(=O)Nc2ncccc2C(C)(F)F)c(F)c1. The van der Waals surface area contributed by atoms with Crippen LogP contribution < -0.4 is 4.72 Å². The monoisotopic (exact) mass is 344 g/mol. The Morgan fingerprint density at radius 3 is 2.43 bits per heavy atom. The number of benzene rings is 1. The first-order valence-corrected chi connectivity index (χ1v) is 8.13. The van der Waals surface area contributed by atoms with Crippen LogP contribution in [0, 0.1) is 19.7 Å². The predicted molar refractivity (Wildman–Crippen MR) is 80.5 cm³/mol. The Balaban J connectivity index is 2.53. The smallest absolute Gasteiger partial charge is 0.263 e. The van der Waals surface area contributed by atoms with Crippen LogP contribution in [0.2, 0.25) is 0 Å². The lowest BCUT2D eigenvalue weighted by Crippen LogP contribution is -2.20. The number of aryl methyl sites for hydroxylation is 2. The third-order valence-electron chi connectivity index (χ3n) is 3.15. The van der Waals surface area contributed by atoms with Gasteiger partial charge in [0, 0.05) is 13.1 Å². The lowest BCUT2D eigenvalue weighted by molar-refractivity contribution is 0.0180. The van der Waals surface area contributed by atoms with Crippen LogP contribution in [0.3, 0.4) is 0 Å². The van der Waals surface area contributed by atoms with Gasteiger partial charge in [0.2, 0.25) is 0 Å². The summed E-state index contributed by atoms with van der Waals surface area (Å²) in [7, 11) is -4.40. The summed E-state index contributed by atoms with van der Waals surface area (Å²) in [5.74, 6) is -4.78. The highest BCUT2D eigenvalue weighted by molar-refractivity contribution is 7.92. The topological polar surface area (TPSA) is 59.1 Å². The Kier molecular flexibility index (Phi) is 4.39. The Hall–Kier alpha value is -2.09. The van der Waals surface area contributed by atoms with Crippen molar-refractivity contribution in [3.05, 3.63) is 53.0 Å². The number of hydrogen-bond acceptors (Lipinski definition) is 3. The van der Waals surface area contributed by atoms with Crippen LogP contribution in [0.5, 0.6) is 0 Å². The van der Waals surface area contributed by atoms with Gasteiger partial charge in [0.05, 0.1) is 5.56 Å². The number of sulfonamides is 1. The van der Waals surface area contributed by atoms with E-state index < -0.39 is 38.0 Å². The van der Waals surface area contributed by atoms with Crippen molar-refractivity contribution in [3.8, 4) is 0 Å². The second kappa shape index (κ2) is 5.84. The van der Waals surface area contributed by atoms with Crippen LogP contribution in [0.15, 0.2) is 35.4 Å². The molecule has 0 bridgehead atoms. The van der Waals surface area contributed by atoms with Crippen LogP contribution in [0.1, 0.15) is 23.6 Å². The van der Waals surface area contributed by atoms with Gasteiger partial charge in [0.1, 0.15) is 16.5 Å². The zero-order valence-corrected chi connectivity index (χ0v) is 13.5. The molecule has 4 nitrogen and oxygen atoms in total. The van der Waals surface area contributed by atoms with E-state index in [1.807, 2.05) is 4.72 Å². The molecule has 0 radical (unpaired) electrons. The maximum Gasteiger partial charge on any atom is 0.274 e. The maximum absolute atomic E-state index is 14.1. The lowest BCUT2D eigenvalue weighted by Gasteiger charge is -2.17. The van der Waals surface area contributed by atoms with Gasteiger partial charge < -0.3 is 0 Å². The van der Waals surface area contributed by atoms with E-state index in [9.17, 15) is 21.6 Å². The van der Waals surface area contributed by atoms with Gasteiger partial charge in [-0.15, -0.1) is 0 Å². The molecule has 0 spiro atoms. The summed E-state index contributed by atoms with van der Waals surface area (Å²) in [5.41, 5.74) is 0.141. The second-order valence-electron chi connectivity index (χ2n) is 5.29. The minimum absolute atomic E-state index is 0.177. The summed E-state index contributed by atoms with van der Waals surface area (Å²) >= 11 is 0. The molecule has 0 aliphatic rings. The highest BCUT2D eigenvalue weighted by Crippen LogP contribution is 2.33. The fraction of sp³-hybridized carbons (Fsp3) is 0.267. The van der Waals surface area contributed by atoms with E-state index in [2.05, 4.69) is 4.98 Å². The van der Waals surface area contributed by atoms with E-state index in [0.29, 0.717) is 12.5 Å². The van der Waals surface area contributed by atoms with E-state index in [1.54, 1.807) is 6.92 Å². The molecule has 0 unspecified atom stereocenters. The molecule has 1 aromatic heterocycles. The first-order valence-electron chi connectivity index (χ1n) is 6.65. The maximum atomic E-state index is 14.1. The van der Waals surface area contributed by atoms with Gasteiger partial charge in [0.15, 0.2) is 0 Å². The number of aromatic nitrogens is 1. The van der Waals surface area contributed by atoms with Crippen molar-refractivity contribution >= 4 is 15.8 Å². The Morgan fingerprint density at radius 1 is 1.22 bits per heavy atom. The minimum atomic E-state index is -4.40. The van der Waals surface area contributed by atoms with E-state index in [-0.39, 0.29) is 5.56 Å². The van der Waals surface area contributed by atoms with Gasteiger partial charge >= 0.3 is 0 Å². The van der Waals surface area contributed by atoms with Crippen molar-refractivity contribution in [3.63, 3.8) is 0 Å². The number of hydrogen-bond donors (Lipinski definition) is 1. The first kappa shape index (κ1) is 17.3. The summed E-state index contributed by atoms with van der Waals surface area (Å²) in [6.45, 7) is 3.67. The van der Waals surface area contributed by atoms with Crippen LogP contribution in [0.4, 0.5) is 19.0 Å². The van der Waals surface area contributed by atoms with Crippen molar-refractivity contribution in [2.45, 2.75) is 31.6 Å². The highest BCUT2D eigenvalue weighted by atomic mass is 32.2. The zero-order valence-electron chi connectivity index (χ0n) is 12.7. The number of pyridine rings is 1. The van der Waals surface area contributed by atoms with Crippen LogP contribution >= 0.6 is 0 Å². The summed E-state index contributed by atoms with van der Waals surface area (Å²) in [4.78, 5) is 3.06. The number of nitrogens with one attached hydrogen (secondary N) is 1. The fourth-order valence-electron chi connectivity index (χ4n) is 2.26. The Morgan fingerprint density at radius 2 is 1.87 bits per heavy atom. The normalized spacial score (nSPS) is 12.3. The largest absolute Gasteiger partial charge is 0.274 e. The molecule has 2 rings (SSSR count). The van der Waals surface area contributed by atoms with Gasteiger partial charge in [-0.3, -0.25) is 4.72 Å². The molecule has 0 atom stereocenters. The molecule has 1 aromatic carbocycles. The number of rotatable bonds is 4. The zero-order chi connectivity index (χ0) is 17.4. The van der Waals surface area contributed by atoms with Crippen molar-refractivity contribution in [1.82, 2.24) is 4.98 Å². The molecule has 0 fully saturated rings. The molecule has 124 valence electrons. The molecule has 2 aromatic rings. The average Bonchev–Trinajstić information content (AvgIpc) is 2.35. The van der Waals surface area contributed by atoms with Gasteiger partial charge in [-0.2, -0.15) is 0 Å². The molecule has 0 aliphatic carbocycles. The number of alkyl halides is 2. The van der Waals surface area contributed by atoms with E-state index >= 15 is 0 Å². The number of anilines is 1. The fourth-order valence-corrected chi connectivity index (χ4v) is 3.58. The summed E-state index contributed by atoms with van der Waals surface area (Å²) in [6.07, 6.45) is 1.17. The molecule has 0 saturated carbocycles. The molecule has 0 amide bonds. The minimum Gasteiger partial charge on any atom is -0.263 e. The summed E-state index contributed by atoms with van der Waals surface area (Å²) in [6, 6.07) is 4.88. The van der Waals surface area contributed by atoms with Crippen molar-refractivity contribution < 1.29 is 21.6 Å². The van der Waals surface area contributed by atoms with E-state index in [4.69, 9.17) is 0 Å². The summed E-state index contributed by atoms with van der Waals surface area (Å²) in [5, 5.41) is 0. The third-order valence-corrected chi connectivity index (χ3v) is 4.67. The quantitative estimate of drug-likeness (QED) is 0.919. The summed E-state index contributed by atoms with van der Waals surface area (Å²) < 4.78 is 67.9. The predicted octanol–water partition coefficient (Wildman–Crippen LogP) is 3.75. The number of nitrogens with zero attached hydrogens (tertiary/aromatic N) is 1. The first-order chi connectivity index (χ1) is 10.5. The molecular formula is C15H15F3N2O2S. The van der Waals surface area contributed by atoms with Crippen molar-refractivity contribution in [2.75, 3.05) is 4.72 Å². The molecule has 8 heteroatoms. The molecule has 0 aliphatic heterocycles. The molecular weight excluding hydrogens is 329 g/mol. The van der Waals surface area contributed by atoms with Crippen molar-refractivity contribution in [1.29, 1.82) is 0 Å². The average molecular weight is 344 g/mol. The molecule has 1 heterocycles. The standard InChI is InChI=1S/C15H15F3N2O2S/c1-9-7-10(2)13(12(16)8-9)23(21,22)20-14-11(15(3,17)18)5-4-6-19-14/h4-8H,1-3H3,(H,19,20). The third kappa shape index (κ3) is 3.64. The second-order valence-corrected chi connectivity index (χ2v) is 6.91. The Bertz CT molecular complexity index is 823. The van der Waals surface area contributed by atoms with Crippen LogP contribution in [0.25, 0.3) is 0 Å². The Labute approximate surface area is 132 Å². The highest BCUT2D eigenvalue weighted by Gasteiger charge is 2.31. The van der Waals surface area contributed by atoms with E-state index in [0.717, 1.165) is 12.1 Å². The van der Waals surface area contributed by atoms with Crippen LogP contribution in [-0.2, 0) is 15.9 Å². The van der Waals surface area contributed by atoms with Gasteiger partial charge in [-0.05, 0) is 43.2 Å². The molecule has 1 N–H and O–H groups in total. The van der Waals surface area contributed by atoms with E-state index in [1.165, 1.54) is 25.3 Å².